The molecule has 0 spiro atoms. The van der Waals surface area contributed by atoms with Crippen LogP contribution in [0.1, 0.15) is 12.7 Å². The first kappa shape index (κ1) is 17.1. The molecular weight excluding hydrogens is 340 g/mol. The van der Waals surface area contributed by atoms with Crippen LogP contribution in [0.3, 0.4) is 0 Å². The Kier molecular flexibility index (Phi) is 4.78. The fourth-order valence-electron chi connectivity index (χ4n) is 3.11. The van der Waals surface area contributed by atoms with E-state index in [2.05, 4.69) is 39.2 Å². The normalized spacial score (nSPS) is 12.5. The van der Waals surface area contributed by atoms with Crippen LogP contribution in [0.2, 0.25) is 0 Å². The maximum absolute atomic E-state index is 5.66. The first-order chi connectivity index (χ1) is 13.2. The van der Waals surface area contributed by atoms with Crippen molar-refractivity contribution in [2.75, 3.05) is 30.0 Å². The van der Waals surface area contributed by atoms with Crippen LogP contribution >= 0.6 is 0 Å². The van der Waals surface area contributed by atoms with E-state index < -0.39 is 0 Å². The highest BCUT2D eigenvalue weighted by atomic mass is 16.6. The maximum atomic E-state index is 5.66. The molecule has 138 valence electrons. The van der Waals surface area contributed by atoms with Crippen molar-refractivity contribution in [2.24, 2.45) is 0 Å². The van der Waals surface area contributed by atoms with Crippen LogP contribution in [-0.2, 0) is 0 Å². The molecule has 0 saturated carbocycles. The maximum Gasteiger partial charge on any atom is 0.163 e. The number of anilines is 4. The van der Waals surface area contributed by atoms with E-state index in [9.17, 15) is 0 Å². The van der Waals surface area contributed by atoms with Gasteiger partial charge in [-0.1, -0.05) is 18.2 Å². The van der Waals surface area contributed by atoms with Gasteiger partial charge in [-0.25, -0.2) is 9.97 Å². The zero-order valence-electron chi connectivity index (χ0n) is 15.5. The van der Waals surface area contributed by atoms with Crippen molar-refractivity contribution < 1.29 is 9.47 Å². The number of fused-ring (bicyclic) bond motifs is 1. The summed E-state index contributed by atoms with van der Waals surface area (Å²) in [7, 11) is 0. The Morgan fingerprint density at radius 3 is 2.52 bits per heavy atom. The first-order valence-corrected chi connectivity index (χ1v) is 9.08. The van der Waals surface area contributed by atoms with Crippen LogP contribution in [-0.4, -0.2) is 29.7 Å². The molecule has 0 saturated heterocycles. The monoisotopic (exact) mass is 362 g/mol. The van der Waals surface area contributed by atoms with E-state index in [1.165, 1.54) is 0 Å². The highest BCUT2D eigenvalue weighted by molar-refractivity contribution is 5.66. The minimum Gasteiger partial charge on any atom is -0.486 e. The van der Waals surface area contributed by atoms with Crippen LogP contribution < -0.4 is 19.7 Å². The standard InChI is InChI=1S/C21H22N4O2/c1-3-25(17-7-5-4-6-8-17)21-14-20(22-15(2)23-21)24-16-9-10-18-19(13-16)27-12-11-26-18/h4-10,13-14H,3,11-12H2,1-2H3,(H,22,23,24). The fraction of sp³-hybridized carbons (Fsp3) is 0.238. The summed E-state index contributed by atoms with van der Waals surface area (Å²) in [6, 6.07) is 18.0. The zero-order chi connectivity index (χ0) is 18.6. The van der Waals surface area contributed by atoms with Gasteiger partial charge in [0.15, 0.2) is 11.5 Å². The predicted molar refractivity (Wildman–Crippen MR) is 107 cm³/mol. The number of ether oxygens (including phenoxy) is 2. The molecule has 0 fully saturated rings. The Bertz CT molecular complexity index is 931. The van der Waals surface area contributed by atoms with Gasteiger partial charge in [-0.15, -0.1) is 0 Å². The predicted octanol–water partition coefficient (Wildman–Crippen LogP) is 4.46. The Balaban J connectivity index is 1.62. The molecule has 3 aromatic rings. The molecule has 1 aliphatic rings. The quantitative estimate of drug-likeness (QED) is 0.723. The van der Waals surface area contributed by atoms with Gasteiger partial charge < -0.3 is 19.7 Å². The van der Waals surface area contributed by atoms with E-state index in [0.29, 0.717) is 19.0 Å². The van der Waals surface area contributed by atoms with Gasteiger partial charge in [0, 0.05) is 30.1 Å². The number of hydrogen-bond donors (Lipinski definition) is 1. The summed E-state index contributed by atoms with van der Waals surface area (Å²) in [5.41, 5.74) is 1.99. The minimum atomic E-state index is 0.565. The molecular formula is C21H22N4O2. The van der Waals surface area contributed by atoms with E-state index in [1.54, 1.807) is 0 Å². The van der Waals surface area contributed by atoms with E-state index >= 15 is 0 Å². The van der Waals surface area contributed by atoms with Crippen molar-refractivity contribution >= 4 is 23.0 Å². The van der Waals surface area contributed by atoms with Crippen molar-refractivity contribution in [2.45, 2.75) is 13.8 Å². The van der Waals surface area contributed by atoms with Crippen molar-refractivity contribution in [1.29, 1.82) is 0 Å². The summed E-state index contributed by atoms with van der Waals surface area (Å²) in [5, 5.41) is 3.35. The molecule has 0 bridgehead atoms. The van der Waals surface area contributed by atoms with Crippen LogP contribution in [0.25, 0.3) is 0 Å². The third-order valence-corrected chi connectivity index (χ3v) is 4.30. The Morgan fingerprint density at radius 2 is 1.74 bits per heavy atom. The summed E-state index contributed by atoms with van der Waals surface area (Å²) < 4.78 is 11.2. The minimum absolute atomic E-state index is 0.565. The topological polar surface area (TPSA) is 59.5 Å². The summed E-state index contributed by atoms with van der Waals surface area (Å²) in [4.78, 5) is 11.3. The van der Waals surface area contributed by atoms with E-state index in [1.807, 2.05) is 49.4 Å². The average molecular weight is 362 g/mol. The van der Waals surface area contributed by atoms with Crippen molar-refractivity contribution in [1.82, 2.24) is 9.97 Å². The lowest BCUT2D eigenvalue weighted by Crippen LogP contribution is -2.18. The molecule has 0 aliphatic carbocycles. The zero-order valence-corrected chi connectivity index (χ0v) is 15.5. The second-order valence-corrected chi connectivity index (χ2v) is 6.22. The van der Waals surface area contributed by atoms with Crippen LogP contribution in [0.5, 0.6) is 11.5 Å². The van der Waals surface area contributed by atoms with Crippen molar-refractivity contribution in [3.8, 4) is 11.5 Å². The van der Waals surface area contributed by atoms with Crippen molar-refractivity contribution in [3.63, 3.8) is 0 Å². The molecule has 1 aliphatic heterocycles. The van der Waals surface area contributed by atoms with Gasteiger partial charge in [0.1, 0.15) is 30.7 Å². The molecule has 0 unspecified atom stereocenters. The fourth-order valence-corrected chi connectivity index (χ4v) is 3.11. The second-order valence-electron chi connectivity index (χ2n) is 6.22. The molecule has 6 nitrogen and oxygen atoms in total. The number of para-hydroxylation sites is 1. The van der Waals surface area contributed by atoms with Gasteiger partial charge in [-0.05, 0) is 38.1 Å². The number of rotatable bonds is 5. The smallest absolute Gasteiger partial charge is 0.163 e. The lowest BCUT2D eigenvalue weighted by atomic mass is 10.2. The number of benzene rings is 2. The highest BCUT2D eigenvalue weighted by Crippen LogP contribution is 2.34. The molecule has 0 amide bonds. The molecule has 1 aromatic heterocycles. The Hall–Kier alpha value is -3.28. The van der Waals surface area contributed by atoms with Gasteiger partial charge in [0.2, 0.25) is 0 Å². The average Bonchev–Trinajstić information content (AvgIpc) is 2.69. The molecule has 2 aromatic carbocycles. The van der Waals surface area contributed by atoms with Gasteiger partial charge >= 0.3 is 0 Å². The lowest BCUT2D eigenvalue weighted by Gasteiger charge is -2.23. The molecule has 0 atom stereocenters. The molecule has 0 radical (unpaired) electrons. The van der Waals surface area contributed by atoms with E-state index in [0.717, 1.165) is 41.1 Å². The van der Waals surface area contributed by atoms with Crippen LogP contribution in [0, 0.1) is 6.92 Å². The van der Waals surface area contributed by atoms with Gasteiger partial charge in [-0.3, -0.25) is 0 Å². The summed E-state index contributed by atoms with van der Waals surface area (Å²) in [6.07, 6.45) is 0. The van der Waals surface area contributed by atoms with Gasteiger partial charge in [0.25, 0.3) is 0 Å². The largest absolute Gasteiger partial charge is 0.486 e. The molecule has 6 heteroatoms. The third-order valence-electron chi connectivity index (χ3n) is 4.30. The molecule has 4 rings (SSSR count). The number of hydrogen-bond acceptors (Lipinski definition) is 6. The van der Waals surface area contributed by atoms with E-state index in [-0.39, 0.29) is 0 Å². The van der Waals surface area contributed by atoms with Crippen LogP contribution in [0.15, 0.2) is 54.6 Å². The number of nitrogens with one attached hydrogen (secondary N) is 1. The van der Waals surface area contributed by atoms with Gasteiger partial charge in [-0.2, -0.15) is 0 Å². The molecule has 27 heavy (non-hydrogen) atoms. The van der Waals surface area contributed by atoms with Crippen molar-refractivity contribution in [3.05, 3.63) is 60.4 Å². The number of nitrogens with zero attached hydrogens (tertiary/aromatic N) is 3. The summed E-state index contributed by atoms with van der Waals surface area (Å²) in [5.74, 6) is 3.83. The SMILES string of the molecule is CCN(c1ccccc1)c1cc(Nc2ccc3c(c2)OCCO3)nc(C)n1. The number of aryl methyl sites for hydroxylation is 1. The Labute approximate surface area is 158 Å². The molecule has 2 heterocycles. The van der Waals surface area contributed by atoms with Crippen LogP contribution in [0.4, 0.5) is 23.0 Å². The Morgan fingerprint density at radius 1 is 0.963 bits per heavy atom. The lowest BCUT2D eigenvalue weighted by molar-refractivity contribution is 0.171. The second kappa shape index (κ2) is 7.53. The van der Waals surface area contributed by atoms with E-state index in [4.69, 9.17) is 9.47 Å². The highest BCUT2D eigenvalue weighted by Gasteiger charge is 2.14. The summed E-state index contributed by atoms with van der Waals surface area (Å²) >= 11 is 0. The van der Waals surface area contributed by atoms with Gasteiger partial charge in [0.05, 0.1) is 0 Å². The first-order valence-electron chi connectivity index (χ1n) is 9.08. The number of aromatic nitrogens is 2. The summed E-state index contributed by atoms with van der Waals surface area (Å²) in [6.45, 7) is 5.97. The third kappa shape index (κ3) is 3.79. The molecule has 1 N–H and O–H groups in total.